The molecule has 0 spiro atoms. The van der Waals surface area contributed by atoms with Crippen LogP contribution in [-0.2, 0) is 6.42 Å². The summed E-state index contributed by atoms with van der Waals surface area (Å²) < 4.78 is 36.8. The van der Waals surface area contributed by atoms with E-state index >= 15 is 0 Å². The van der Waals surface area contributed by atoms with Crippen molar-refractivity contribution >= 4 is 0 Å². The van der Waals surface area contributed by atoms with Crippen molar-refractivity contribution in [1.29, 1.82) is 0 Å². The third-order valence-electron chi connectivity index (χ3n) is 5.46. The highest BCUT2D eigenvalue weighted by Crippen LogP contribution is 2.38. The number of halogens is 3. The van der Waals surface area contributed by atoms with E-state index in [9.17, 15) is 13.2 Å². The molecule has 24 heavy (non-hydrogen) atoms. The van der Waals surface area contributed by atoms with Gasteiger partial charge in [0, 0.05) is 6.42 Å². The van der Waals surface area contributed by atoms with Crippen LogP contribution in [0.25, 0.3) is 0 Å². The van der Waals surface area contributed by atoms with Crippen molar-refractivity contribution in [2.45, 2.75) is 89.6 Å². The molecule has 0 atom stereocenters. The Morgan fingerprint density at radius 3 is 2.17 bits per heavy atom. The quantitative estimate of drug-likeness (QED) is 0.432. The van der Waals surface area contributed by atoms with Crippen molar-refractivity contribution in [3.63, 3.8) is 0 Å². The zero-order valence-electron chi connectivity index (χ0n) is 14.9. The van der Waals surface area contributed by atoms with Crippen molar-refractivity contribution in [3.8, 4) is 0 Å². The largest absolute Gasteiger partial charge is 0.389 e. The highest BCUT2D eigenvalue weighted by atomic mass is 19.4. The van der Waals surface area contributed by atoms with E-state index in [1.165, 1.54) is 63.4 Å². The summed E-state index contributed by atoms with van der Waals surface area (Å²) in [5, 5.41) is 0. The molecule has 3 heteroatoms. The Balaban J connectivity index is 1.73. The number of rotatable bonds is 8. The minimum absolute atomic E-state index is 0.0915. The lowest BCUT2D eigenvalue weighted by Gasteiger charge is -2.29. The minimum Gasteiger partial charge on any atom is -0.171 e. The van der Waals surface area contributed by atoms with E-state index in [1.54, 1.807) is 0 Å². The summed E-state index contributed by atoms with van der Waals surface area (Å²) in [5.74, 6) is 1.50. The number of hydrogen-bond acceptors (Lipinski definition) is 0. The van der Waals surface area contributed by atoms with Gasteiger partial charge in [-0.05, 0) is 55.1 Å². The second kappa shape index (κ2) is 9.48. The lowest BCUT2D eigenvalue weighted by atomic mass is 9.77. The Bertz CT molecular complexity index is 453. The van der Waals surface area contributed by atoms with Crippen LogP contribution in [-0.4, -0.2) is 6.18 Å². The third kappa shape index (κ3) is 6.86. The molecule has 1 aromatic rings. The zero-order chi connectivity index (χ0) is 17.4. The SMILES string of the molecule is CCCCCC[C@H]1CC[C@H](c2ccc(CCC(F)(F)F)cc2)CC1. The van der Waals surface area contributed by atoms with Crippen LogP contribution in [0.1, 0.15) is 88.2 Å². The van der Waals surface area contributed by atoms with Crippen LogP contribution < -0.4 is 0 Å². The van der Waals surface area contributed by atoms with Crippen LogP contribution in [0.5, 0.6) is 0 Å². The Kier molecular flexibility index (Phi) is 7.64. The molecular formula is C21H31F3. The van der Waals surface area contributed by atoms with Crippen LogP contribution in [0.2, 0.25) is 0 Å². The van der Waals surface area contributed by atoms with Gasteiger partial charge in [0.15, 0.2) is 0 Å². The molecule has 0 amide bonds. The third-order valence-corrected chi connectivity index (χ3v) is 5.46. The average Bonchev–Trinajstić information content (AvgIpc) is 2.57. The molecule has 0 radical (unpaired) electrons. The molecule has 1 fully saturated rings. The molecular weight excluding hydrogens is 309 g/mol. The summed E-state index contributed by atoms with van der Waals surface area (Å²) in [6.45, 7) is 2.25. The van der Waals surface area contributed by atoms with E-state index in [2.05, 4.69) is 19.1 Å². The second-order valence-corrected chi connectivity index (χ2v) is 7.42. The molecule has 0 bridgehead atoms. The van der Waals surface area contributed by atoms with Crippen molar-refractivity contribution in [1.82, 2.24) is 0 Å². The van der Waals surface area contributed by atoms with Crippen LogP contribution in [0.15, 0.2) is 24.3 Å². The second-order valence-electron chi connectivity index (χ2n) is 7.42. The maximum atomic E-state index is 12.3. The van der Waals surface area contributed by atoms with Crippen molar-refractivity contribution in [2.24, 2.45) is 5.92 Å². The van der Waals surface area contributed by atoms with Crippen molar-refractivity contribution in [2.75, 3.05) is 0 Å². The van der Waals surface area contributed by atoms with Gasteiger partial charge in [-0.2, -0.15) is 13.2 Å². The molecule has 1 aliphatic rings. The molecule has 0 aromatic heterocycles. The number of unbranched alkanes of at least 4 members (excludes halogenated alkanes) is 3. The number of aryl methyl sites for hydroxylation is 1. The zero-order valence-corrected chi connectivity index (χ0v) is 14.9. The molecule has 2 rings (SSSR count). The van der Waals surface area contributed by atoms with Gasteiger partial charge in [0.25, 0.3) is 0 Å². The summed E-state index contributed by atoms with van der Waals surface area (Å²) in [4.78, 5) is 0. The van der Waals surface area contributed by atoms with Gasteiger partial charge in [-0.15, -0.1) is 0 Å². The highest BCUT2D eigenvalue weighted by molar-refractivity contribution is 5.26. The predicted molar refractivity (Wildman–Crippen MR) is 94.3 cm³/mol. The standard InChI is InChI=1S/C21H31F3/c1-2-3-4-5-6-17-7-11-19(12-8-17)20-13-9-18(10-14-20)15-16-21(22,23)24/h9-10,13-14,17,19H,2-8,11-12,15-16H2,1H3/t17-,19-. The molecule has 0 unspecified atom stereocenters. The molecule has 0 aliphatic heterocycles. The smallest absolute Gasteiger partial charge is 0.171 e. The van der Waals surface area contributed by atoms with Gasteiger partial charge < -0.3 is 0 Å². The van der Waals surface area contributed by atoms with E-state index in [1.807, 2.05) is 12.1 Å². The molecule has 136 valence electrons. The molecule has 0 N–H and O–H groups in total. The predicted octanol–water partition coefficient (Wildman–Crippen LogP) is 7.43. The summed E-state index contributed by atoms with van der Waals surface area (Å²) in [7, 11) is 0. The van der Waals surface area contributed by atoms with Gasteiger partial charge in [0.1, 0.15) is 0 Å². The summed E-state index contributed by atoms with van der Waals surface area (Å²) >= 11 is 0. The average molecular weight is 340 g/mol. The topological polar surface area (TPSA) is 0 Å². The van der Waals surface area contributed by atoms with E-state index < -0.39 is 12.6 Å². The maximum absolute atomic E-state index is 12.3. The van der Waals surface area contributed by atoms with E-state index in [0.717, 1.165) is 11.5 Å². The first-order valence-electron chi connectivity index (χ1n) is 9.63. The molecule has 0 heterocycles. The van der Waals surface area contributed by atoms with Gasteiger partial charge in [0.2, 0.25) is 0 Å². The van der Waals surface area contributed by atoms with Crippen LogP contribution in [0, 0.1) is 5.92 Å². The summed E-state index contributed by atoms with van der Waals surface area (Å²) in [6, 6.07) is 7.88. The van der Waals surface area contributed by atoms with Crippen LogP contribution in [0.3, 0.4) is 0 Å². The van der Waals surface area contributed by atoms with Crippen molar-refractivity contribution < 1.29 is 13.2 Å². The first-order chi connectivity index (χ1) is 11.5. The molecule has 0 nitrogen and oxygen atoms in total. The molecule has 1 aliphatic carbocycles. The Labute approximate surface area is 144 Å². The van der Waals surface area contributed by atoms with E-state index in [4.69, 9.17) is 0 Å². The first kappa shape index (κ1) is 19.3. The Morgan fingerprint density at radius 1 is 0.917 bits per heavy atom. The summed E-state index contributed by atoms with van der Waals surface area (Å²) in [6.07, 6.45) is 7.18. The van der Waals surface area contributed by atoms with Gasteiger partial charge in [0.05, 0.1) is 0 Å². The Hall–Kier alpha value is -0.990. The molecule has 1 saturated carbocycles. The lowest BCUT2D eigenvalue weighted by Crippen LogP contribution is -2.13. The van der Waals surface area contributed by atoms with Gasteiger partial charge in [-0.1, -0.05) is 63.3 Å². The highest BCUT2D eigenvalue weighted by Gasteiger charge is 2.26. The van der Waals surface area contributed by atoms with Gasteiger partial charge in [-0.3, -0.25) is 0 Å². The van der Waals surface area contributed by atoms with Gasteiger partial charge in [-0.25, -0.2) is 0 Å². The molecule has 0 saturated heterocycles. The Morgan fingerprint density at radius 2 is 1.58 bits per heavy atom. The number of hydrogen-bond donors (Lipinski definition) is 0. The van der Waals surface area contributed by atoms with Crippen molar-refractivity contribution in [3.05, 3.63) is 35.4 Å². The monoisotopic (exact) mass is 340 g/mol. The lowest BCUT2D eigenvalue weighted by molar-refractivity contribution is -0.133. The fourth-order valence-corrected chi connectivity index (χ4v) is 3.89. The molecule has 1 aromatic carbocycles. The fourth-order valence-electron chi connectivity index (χ4n) is 3.89. The van der Waals surface area contributed by atoms with Crippen LogP contribution in [0.4, 0.5) is 13.2 Å². The van der Waals surface area contributed by atoms with E-state index in [0.29, 0.717) is 5.92 Å². The number of alkyl halides is 3. The summed E-state index contributed by atoms with van der Waals surface area (Å²) in [5.41, 5.74) is 2.11. The first-order valence-corrected chi connectivity index (χ1v) is 9.63. The maximum Gasteiger partial charge on any atom is 0.389 e. The number of benzene rings is 1. The van der Waals surface area contributed by atoms with E-state index in [-0.39, 0.29) is 6.42 Å². The van der Waals surface area contributed by atoms with Crippen LogP contribution >= 0.6 is 0 Å². The van der Waals surface area contributed by atoms with Gasteiger partial charge >= 0.3 is 6.18 Å². The minimum atomic E-state index is -4.06. The normalized spacial score (nSPS) is 21.8. The fraction of sp³-hybridized carbons (Fsp3) is 0.714.